The molecular weight excluding hydrogens is 615 g/mol. The number of rotatable bonds is 7. The molecule has 0 bridgehead atoms. The first kappa shape index (κ1) is 31.2. The van der Waals surface area contributed by atoms with Crippen LogP contribution in [0.25, 0.3) is 54.0 Å². The molecule has 0 saturated heterocycles. The minimum atomic E-state index is 0.534. The summed E-state index contributed by atoms with van der Waals surface area (Å²) in [6, 6.07) is 49.6. The van der Waals surface area contributed by atoms with Gasteiger partial charge in [-0.2, -0.15) is 0 Å². The van der Waals surface area contributed by atoms with Gasteiger partial charge in [-0.3, -0.25) is 4.98 Å². The second-order valence-electron chi connectivity index (χ2n) is 14.3. The van der Waals surface area contributed by atoms with E-state index in [9.17, 15) is 0 Å². The van der Waals surface area contributed by atoms with Crippen LogP contribution in [0.2, 0.25) is 0 Å². The molecule has 1 heterocycles. The Hall–Kier alpha value is -5.79. The Morgan fingerprint density at radius 1 is 0.588 bits per heavy atom. The minimum absolute atomic E-state index is 0.534. The highest BCUT2D eigenvalue weighted by Gasteiger charge is 2.16. The van der Waals surface area contributed by atoms with Crippen LogP contribution in [0.15, 0.2) is 169 Å². The minimum Gasteiger partial charge on any atom is -0.252 e. The van der Waals surface area contributed by atoms with Gasteiger partial charge in [0, 0.05) is 17.5 Å². The van der Waals surface area contributed by atoms with E-state index in [1.54, 1.807) is 0 Å². The summed E-state index contributed by atoms with van der Waals surface area (Å²) < 4.78 is 0. The third-order valence-electron chi connectivity index (χ3n) is 10.9. The van der Waals surface area contributed by atoms with Crippen molar-refractivity contribution in [3.05, 3.63) is 197 Å². The molecule has 1 aromatic heterocycles. The third kappa shape index (κ3) is 5.93. The standard InChI is InChI=1S/C50H41N/c1-3-10-37-20-17-34(27-33(37)2)28-35-18-25-46-47-26-19-36(31-49(47)45-15-8-7-14-44(45)48(46)30-35)29-39-21-22-40(43-13-6-5-12-42(39)43)32-41-24-23-38-11-4-9-16-50(38)51-41/h3-16,18-27,30-31,34H,17,28-29,32H2,1-2H3/b10-3-. The molecule has 1 atom stereocenters. The van der Waals surface area contributed by atoms with Gasteiger partial charge in [0.2, 0.25) is 0 Å². The Bertz CT molecular complexity index is 2700. The molecule has 0 amide bonds. The predicted molar refractivity (Wildman–Crippen MR) is 219 cm³/mol. The SMILES string of the molecule is C/C=C\C1=CCC(Cc2ccc3c4ccc(Cc5ccc(Cc6ccc7ccccc7n6)c6ccccc56)cc4c4ccccc4c3c2)C=C1C. The van der Waals surface area contributed by atoms with E-state index in [4.69, 9.17) is 4.98 Å². The number of aromatic nitrogens is 1. The van der Waals surface area contributed by atoms with Gasteiger partial charge >= 0.3 is 0 Å². The molecule has 7 aromatic carbocycles. The van der Waals surface area contributed by atoms with Gasteiger partial charge in [0.25, 0.3) is 0 Å². The summed E-state index contributed by atoms with van der Waals surface area (Å²) in [5.74, 6) is 0.534. The summed E-state index contributed by atoms with van der Waals surface area (Å²) in [5.41, 5.74) is 10.3. The van der Waals surface area contributed by atoms with Crippen molar-refractivity contribution in [1.29, 1.82) is 0 Å². The number of pyridine rings is 1. The molecule has 0 radical (unpaired) electrons. The third-order valence-corrected chi connectivity index (χ3v) is 10.9. The second kappa shape index (κ2) is 13.2. The van der Waals surface area contributed by atoms with Gasteiger partial charge in [-0.15, -0.1) is 0 Å². The Morgan fingerprint density at radius 3 is 1.90 bits per heavy atom. The largest absolute Gasteiger partial charge is 0.252 e. The smallest absolute Gasteiger partial charge is 0.0705 e. The van der Waals surface area contributed by atoms with Crippen LogP contribution in [0.3, 0.4) is 0 Å². The molecule has 1 aliphatic rings. The first-order chi connectivity index (χ1) is 25.1. The number of hydrogen-bond acceptors (Lipinski definition) is 1. The van der Waals surface area contributed by atoms with Gasteiger partial charge in [-0.1, -0.05) is 146 Å². The van der Waals surface area contributed by atoms with Gasteiger partial charge in [0.1, 0.15) is 0 Å². The van der Waals surface area contributed by atoms with E-state index in [1.807, 2.05) is 0 Å². The lowest BCUT2D eigenvalue weighted by atomic mass is 9.85. The molecule has 0 spiro atoms. The highest BCUT2D eigenvalue weighted by atomic mass is 14.7. The topological polar surface area (TPSA) is 12.9 Å². The van der Waals surface area contributed by atoms with Crippen LogP contribution < -0.4 is 0 Å². The lowest BCUT2D eigenvalue weighted by Gasteiger charge is -2.19. The Kier molecular flexibility index (Phi) is 8.05. The highest BCUT2D eigenvalue weighted by molar-refractivity contribution is 6.25. The van der Waals surface area contributed by atoms with Gasteiger partial charge < -0.3 is 0 Å². The summed E-state index contributed by atoms with van der Waals surface area (Å²) in [6.07, 6.45) is 13.1. The normalized spacial score (nSPS) is 15.0. The Morgan fingerprint density at radius 2 is 1.20 bits per heavy atom. The van der Waals surface area contributed by atoms with Crippen molar-refractivity contribution >= 4 is 54.0 Å². The molecule has 1 nitrogen and oxygen atoms in total. The zero-order valence-electron chi connectivity index (χ0n) is 29.4. The quantitative estimate of drug-likeness (QED) is 0.156. The first-order valence-electron chi connectivity index (χ1n) is 18.3. The van der Waals surface area contributed by atoms with Crippen LogP contribution in [0.5, 0.6) is 0 Å². The van der Waals surface area contributed by atoms with E-state index in [0.29, 0.717) is 5.92 Å². The summed E-state index contributed by atoms with van der Waals surface area (Å²) in [6.45, 7) is 4.34. The maximum atomic E-state index is 4.98. The van der Waals surface area contributed by atoms with Crippen LogP contribution in [-0.2, 0) is 19.3 Å². The summed E-state index contributed by atoms with van der Waals surface area (Å²) in [5, 5.41) is 11.8. The molecule has 0 saturated carbocycles. The number of hydrogen-bond donors (Lipinski definition) is 0. The van der Waals surface area contributed by atoms with Crippen LogP contribution in [0.4, 0.5) is 0 Å². The molecule has 1 unspecified atom stereocenters. The summed E-state index contributed by atoms with van der Waals surface area (Å²) in [7, 11) is 0. The van der Waals surface area contributed by atoms with Gasteiger partial charge in [-0.25, -0.2) is 0 Å². The summed E-state index contributed by atoms with van der Waals surface area (Å²) in [4.78, 5) is 4.98. The van der Waals surface area contributed by atoms with Crippen molar-refractivity contribution in [3.8, 4) is 0 Å². The second-order valence-corrected chi connectivity index (χ2v) is 14.3. The van der Waals surface area contributed by atoms with Gasteiger partial charge in [0.05, 0.1) is 5.52 Å². The van der Waals surface area contributed by atoms with Crippen molar-refractivity contribution in [3.63, 3.8) is 0 Å². The number of allylic oxidation sites excluding steroid dienone is 6. The van der Waals surface area contributed by atoms with Gasteiger partial charge in [0.15, 0.2) is 0 Å². The zero-order chi connectivity index (χ0) is 34.3. The molecule has 1 heteroatoms. The van der Waals surface area contributed by atoms with Crippen LogP contribution in [-0.4, -0.2) is 4.98 Å². The summed E-state index contributed by atoms with van der Waals surface area (Å²) >= 11 is 0. The van der Waals surface area contributed by atoms with Crippen LogP contribution in [0, 0.1) is 5.92 Å². The number of benzene rings is 7. The van der Waals surface area contributed by atoms with Crippen molar-refractivity contribution in [1.82, 2.24) is 4.98 Å². The van der Waals surface area contributed by atoms with Gasteiger partial charge in [-0.05, 0) is 128 Å². The molecule has 51 heavy (non-hydrogen) atoms. The fourth-order valence-corrected chi connectivity index (χ4v) is 8.42. The molecule has 246 valence electrons. The lowest BCUT2D eigenvalue weighted by molar-refractivity contribution is 0.645. The molecule has 0 fully saturated rings. The zero-order valence-corrected chi connectivity index (χ0v) is 29.4. The average molecular weight is 656 g/mol. The van der Waals surface area contributed by atoms with Crippen molar-refractivity contribution < 1.29 is 0 Å². The van der Waals surface area contributed by atoms with E-state index in [-0.39, 0.29) is 0 Å². The first-order valence-corrected chi connectivity index (χ1v) is 18.3. The van der Waals surface area contributed by atoms with Crippen LogP contribution >= 0.6 is 0 Å². The van der Waals surface area contributed by atoms with E-state index >= 15 is 0 Å². The lowest BCUT2D eigenvalue weighted by Crippen LogP contribution is -2.06. The van der Waals surface area contributed by atoms with E-state index in [0.717, 1.165) is 36.9 Å². The highest BCUT2D eigenvalue weighted by Crippen LogP contribution is 2.38. The predicted octanol–water partition coefficient (Wildman–Crippen LogP) is 13.0. The molecular formula is C50H41N. The Balaban J connectivity index is 1.05. The maximum Gasteiger partial charge on any atom is 0.0705 e. The molecule has 9 rings (SSSR count). The average Bonchev–Trinajstić information content (AvgIpc) is 3.17. The molecule has 0 N–H and O–H groups in total. The van der Waals surface area contributed by atoms with E-state index < -0.39 is 0 Å². The Labute approximate surface area is 300 Å². The van der Waals surface area contributed by atoms with Crippen LogP contribution in [0.1, 0.15) is 48.2 Å². The number of para-hydroxylation sites is 1. The maximum absolute atomic E-state index is 4.98. The number of fused-ring (bicyclic) bond motifs is 8. The fraction of sp³-hybridized carbons (Fsp3) is 0.140. The molecule has 8 aromatic rings. The van der Waals surface area contributed by atoms with Crippen molar-refractivity contribution in [2.45, 2.75) is 39.5 Å². The van der Waals surface area contributed by atoms with Crippen molar-refractivity contribution in [2.24, 2.45) is 5.92 Å². The monoisotopic (exact) mass is 655 g/mol. The molecule has 1 aliphatic carbocycles. The van der Waals surface area contributed by atoms with Crippen molar-refractivity contribution in [2.75, 3.05) is 0 Å². The fourth-order valence-electron chi connectivity index (χ4n) is 8.42. The number of nitrogens with zero attached hydrogens (tertiary/aromatic N) is 1. The van der Waals surface area contributed by atoms with E-state index in [2.05, 4.69) is 172 Å². The molecule has 0 aliphatic heterocycles. The van der Waals surface area contributed by atoms with E-state index in [1.165, 1.54) is 81.9 Å².